The minimum absolute atomic E-state index is 0.908. The van der Waals surface area contributed by atoms with E-state index in [1.807, 2.05) is 0 Å². The molecule has 0 bridgehead atoms. The van der Waals surface area contributed by atoms with Crippen molar-refractivity contribution in [2.75, 3.05) is 6.54 Å². The van der Waals surface area contributed by atoms with Gasteiger partial charge in [-0.2, -0.15) is 0 Å². The summed E-state index contributed by atoms with van der Waals surface area (Å²) in [7, 11) is 0. The Morgan fingerprint density at radius 3 is 2.33 bits per heavy atom. The van der Waals surface area contributed by atoms with Crippen LogP contribution in [-0.2, 0) is 0 Å². The highest BCUT2D eigenvalue weighted by Crippen LogP contribution is 2.28. The average Bonchev–Trinajstić information content (AvgIpc) is 2.44. The van der Waals surface area contributed by atoms with Crippen LogP contribution in [0.15, 0.2) is 0 Å². The molecule has 0 amide bonds. The molecule has 0 aromatic heterocycles. The van der Waals surface area contributed by atoms with Gasteiger partial charge in [-0.05, 0) is 38.1 Å². The maximum absolute atomic E-state index is 3.58. The highest BCUT2D eigenvalue weighted by Gasteiger charge is 2.23. The Balaban J connectivity index is 1.55. The Labute approximate surface area is 56.8 Å². The van der Waals surface area contributed by atoms with Crippen LogP contribution in [0.3, 0.4) is 0 Å². The lowest BCUT2D eigenvalue weighted by molar-refractivity contribution is 0.336. The molecule has 0 spiro atoms. The van der Waals surface area contributed by atoms with Gasteiger partial charge in [-0.1, -0.05) is 6.42 Å². The summed E-state index contributed by atoms with van der Waals surface area (Å²) < 4.78 is 0. The molecule has 0 aliphatic heterocycles. The van der Waals surface area contributed by atoms with Crippen molar-refractivity contribution in [3.63, 3.8) is 0 Å². The monoisotopic (exact) mass is 125 g/mol. The van der Waals surface area contributed by atoms with Gasteiger partial charge in [-0.15, -0.1) is 0 Å². The molecule has 1 heteroatoms. The Bertz CT molecular complexity index is 92.7. The maximum Gasteiger partial charge on any atom is 0.00671 e. The lowest BCUT2D eigenvalue weighted by atomic mass is 9.93. The van der Waals surface area contributed by atoms with Gasteiger partial charge in [0, 0.05) is 6.04 Å². The SMILES string of the molecule is C1CC(NCC2CC2)C1. The summed E-state index contributed by atoms with van der Waals surface area (Å²) in [5.74, 6) is 1.06. The largest absolute Gasteiger partial charge is 0.314 e. The van der Waals surface area contributed by atoms with Crippen LogP contribution < -0.4 is 5.32 Å². The summed E-state index contributed by atoms with van der Waals surface area (Å²) in [6, 6.07) is 0.908. The third-order valence-electron chi connectivity index (χ3n) is 2.50. The predicted molar refractivity (Wildman–Crippen MR) is 38.4 cm³/mol. The maximum atomic E-state index is 3.58. The minimum Gasteiger partial charge on any atom is -0.314 e. The zero-order valence-electron chi connectivity index (χ0n) is 5.90. The predicted octanol–water partition coefficient (Wildman–Crippen LogP) is 1.54. The zero-order chi connectivity index (χ0) is 6.10. The highest BCUT2D eigenvalue weighted by atomic mass is 14.9. The quantitative estimate of drug-likeness (QED) is 0.603. The molecule has 2 aliphatic carbocycles. The second kappa shape index (κ2) is 2.30. The molecular formula is C8H15N. The molecule has 0 aromatic carbocycles. The van der Waals surface area contributed by atoms with Crippen LogP contribution in [0, 0.1) is 5.92 Å². The van der Waals surface area contributed by atoms with Crippen LogP contribution in [0.4, 0.5) is 0 Å². The molecule has 1 N–H and O–H groups in total. The number of nitrogens with one attached hydrogen (secondary N) is 1. The number of hydrogen-bond donors (Lipinski definition) is 1. The molecule has 0 radical (unpaired) electrons. The summed E-state index contributed by atoms with van der Waals surface area (Å²) in [6.45, 7) is 1.31. The Morgan fingerprint density at radius 2 is 1.89 bits per heavy atom. The van der Waals surface area contributed by atoms with E-state index in [0.717, 1.165) is 12.0 Å². The summed E-state index contributed by atoms with van der Waals surface area (Å²) in [5, 5.41) is 3.58. The zero-order valence-corrected chi connectivity index (χ0v) is 5.90. The van der Waals surface area contributed by atoms with E-state index in [9.17, 15) is 0 Å². The molecule has 2 rings (SSSR count). The third kappa shape index (κ3) is 1.45. The van der Waals surface area contributed by atoms with Gasteiger partial charge in [0.1, 0.15) is 0 Å². The third-order valence-corrected chi connectivity index (χ3v) is 2.50. The van der Waals surface area contributed by atoms with Crippen LogP contribution in [0.25, 0.3) is 0 Å². The van der Waals surface area contributed by atoms with Gasteiger partial charge in [0.15, 0.2) is 0 Å². The molecule has 2 saturated carbocycles. The van der Waals surface area contributed by atoms with E-state index in [2.05, 4.69) is 5.32 Å². The van der Waals surface area contributed by atoms with E-state index in [-0.39, 0.29) is 0 Å². The Hall–Kier alpha value is -0.0400. The molecule has 0 atom stereocenters. The molecule has 9 heavy (non-hydrogen) atoms. The first kappa shape index (κ1) is 5.72. The van der Waals surface area contributed by atoms with E-state index >= 15 is 0 Å². The van der Waals surface area contributed by atoms with Gasteiger partial charge in [0.05, 0.1) is 0 Å². The molecule has 0 saturated heterocycles. The lowest BCUT2D eigenvalue weighted by Gasteiger charge is -2.26. The number of rotatable bonds is 3. The lowest BCUT2D eigenvalue weighted by Crippen LogP contribution is -2.36. The van der Waals surface area contributed by atoms with Crippen molar-refractivity contribution >= 4 is 0 Å². The van der Waals surface area contributed by atoms with Crippen LogP contribution in [0.2, 0.25) is 0 Å². The molecule has 2 fully saturated rings. The van der Waals surface area contributed by atoms with Crippen molar-refractivity contribution in [1.82, 2.24) is 5.32 Å². The van der Waals surface area contributed by atoms with Crippen molar-refractivity contribution in [2.24, 2.45) is 5.92 Å². The molecule has 0 heterocycles. The van der Waals surface area contributed by atoms with Gasteiger partial charge >= 0.3 is 0 Å². The highest BCUT2D eigenvalue weighted by molar-refractivity contribution is 4.81. The standard InChI is InChI=1S/C8H15N/c1-2-8(3-1)9-6-7-4-5-7/h7-9H,1-6H2. The second-order valence-corrected chi connectivity index (χ2v) is 3.48. The summed E-state index contributed by atoms with van der Waals surface area (Å²) in [4.78, 5) is 0. The van der Waals surface area contributed by atoms with Crippen molar-refractivity contribution in [2.45, 2.75) is 38.1 Å². The van der Waals surface area contributed by atoms with Crippen LogP contribution in [-0.4, -0.2) is 12.6 Å². The van der Waals surface area contributed by atoms with Crippen molar-refractivity contribution in [3.05, 3.63) is 0 Å². The van der Waals surface area contributed by atoms with Gasteiger partial charge in [0.25, 0.3) is 0 Å². The molecule has 52 valence electrons. The van der Waals surface area contributed by atoms with Crippen molar-refractivity contribution < 1.29 is 0 Å². The Morgan fingerprint density at radius 1 is 1.11 bits per heavy atom. The fourth-order valence-corrected chi connectivity index (χ4v) is 1.27. The summed E-state index contributed by atoms with van der Waals surface area (Å²) >= 11 is 0. The molecule has 0 aromatic rings. The van der Waals surface area contributed by atoms with Crippen molar-refractivity contribution in [1.29, 1.82) is 0 Å². The van der Waals surface area contributed by atoms with E-state index < -0.39 is 0 Å². The summed E-state index contributed by atoms with van der Waals surface area (Å²) in [5.41, 5.74) is 0. The van der Waals surface area contributed by atoms with Gasteiger partial charge in [-0.25, -0.2) is 0 Å². The second-order valence-electron chi connectivity index (χ2n) is 3.48. The van der Waals surface area contributed by atoms with Crippen LogP contribution >= 0.6 is 0 Å². The van der Waals surface area contributed by atoms with E-state index in [1.54, 1.807) is 0 Å². The first-order valence-electron chi connectivity index (χ1n) is 4.18. The normalized spacial score (nSPS) is 28.0. The van der Waals surface area contributed by atoms with E-state index in [4.69, 9.17) is 0 Å². The molecular weight excluding hydrogens is 110 g/mol. The fraction of sp³-hybridized carbons (Fsp3) is 1.00. The fourth-order valence-electron chi connectivity index (χ4n) is 1.27. The van der Waals surface area contributed by atoms with Crippen LogP contribution in [0.5, 0.6) is 0 Å². The molecule has 2 aliphatic rings. The van der Waals surface area contributed by atoms with Gasteiger partial charge in [-0.3, -0.25) is 0 Å². The Kier molecular flexibility index (Phi) is 1.46. The van der Waals surface area contributed by atoms with Gasteiger partial charge < -0.3 is 5.32 Å². The van der Waals surface area contributed by atoms with E-state index in [0.29, 0.717) is 0 Å². The first-order chi connectivity index (χ1) is 4.45. The number of hydrogen-bond acceptors (Lipinski definition) is 1. The van der Waals surface area contributed by atoms with Gasteiger partial charge in [0.2, 0.25) is 0 Å². The summed E-state index contributed by atoms with van der Waals surface area (Å²) in [6.07, 6.45) is 7.31. The topological polar surface area (TPSA) is 12.0 Å². The van der Waals surface area contributed by atoms with E-state index in [1.165, 1.54) is 38.6 Å². The van der Waals surface area contributed by atoms with Crippen molar-refractivity contribution in [3.8, 4) is 0 Å². The smallest absolute Gasteiger partial charge is 0.00671 e. The average molecular weight is 125 g/mol. The minimum atomic E-state index is 0.908. The molecule has 0 unspecified atom stereocenters. The first-order valence-corrected chi connectivity index (χ1v) is 4.18. The van der Waals surface area contributed by atoms with Crippen LogP contribution in [0.1, 0.15) is 32.1 Å². The molecule has 1 nitrogen and oxygen atoms in total.